The first-order valence-corrected chi connectivity index (χ1v) is 12.8. The van der Waals surface area contributed by atoms with Gasteiger partial charge in [-0.05, 0) is 35.2 Å². The molecule has 40 heavy (non-hydrogen) atoms. The molecule has 2 aromatic heterocycles. The lowest BCUT2D eigenvalue weighted by Crippen LogP contribution is -2.38. The molecule has 0 fully saturated rings. The van der Waals surface area contributed by atoms with Gasteiger partial charge in [0.2, 0.25) is 18.2 Å². The number of nitrogens with zero attached hydrogens (tertiary/aromatic N) is 4. The number of aliphatic hydroxyl groups is 2. The van der Waals surface area contributed by atoms with E-state index in [0.717, 1.165) is 22.4 Å². The van der Waals surface area contributed by atoms with Crippen molar-refractivity contribution in [2.75, 3.05) is 32.8 Å². The molecule has 10 heteroatoms. The molecule has 0 radical (unpaired) electrons. The Morgan fingerprint density at radius 3 is 2.05 bits per heavy atom. The SMILES string of the molecule is COc1ccc(C(Nc2nc(OC)c3ncn(C(O)OCCCO)c3n2)(c2ccccc2)c2ccccc2)cc1. The van der Waals surface area contributed by atoms with E-state index in [9.17, 15) is 5.11 Å². The number of fused-ring (bicyclic) bond motifs is 1. The highest BCUT2D eigenvalue weighted by Gasteiger charge is 2.38. The van der Waals surface area contributed by atoms with Crippen LogP contribution in [-0.2, 0) is 10.3 Å². The Morgan fingerprint density at radius 2 is 1.48 bits per heavy atom. The predicted molar refractivity (Wildman–Crippen MR) is 150 cm³/mol. The summed E-state index contributed by atoms with van der Waals surface area (Å²) >= 11 is 0. The van der Waals surface area contributed by atoms with Gasteiger partial charge in [0, 0.05) is 6.61 Å². The highest BCUT2D eigenvalue weighted by atomic mass is 16.6. The summed E-state index contributed by atoms with van der Waals surface area (Å²) in [6.45, 7) is 0.112. The number of methoxy groups -OCH3 is 2. The van der Waals surface area contributed by atoms with Crippen molar-refractivity contribution in [1.29, 1.82) is 0 Å². The van der Waals surface area contributed by atoms with E-state index in [-0.39, 0.29) is 25.0 Å². The highest BCUT2D eigenvalue weighted by molar-refractivity contribution is 5.78. The van der Waals surface area contributed by atoms with Gasteiger partial charge in [0.1, 0.15) is 17.6 Å². The van der Waals surface area contributed by atoms with Crippen molar-refractivity contribution in [2.24, 2.45) is 0 Å². The Kier molecular flexibility index (Phi) is 8.20. The first-order valence-electron chi connectivity index (χ1n) is 12.8. The van der Waals surface area contributed by atoms with Crippen LogP contribution in [0.5, 0.6) is 11.6 Å². The molecule has 0 saturated carbocycles. The number of ether oxygens (including phenoxy) is 3. The summed E-state index contributed by atoms with van der Waals surface area (Å²) < 4.78 is 17.9. The van der Waals surface area contributed by atoms with Gasteiger partial charge >= 0.3 is 0 Å². The minimum absolute atomic E-state index is 0.0477. The van der Waals surface area contributed by atoms with E-state index in [1.165, 1.54) is 18.0 Å². The average molecular weight is 542 g/mol. The molecule has 1 unspecified atom stereocenters. The van der Waals surface area contributed by atoms with Crippen LogP contribution in [-0.4, -0.2) is 57.2 Å². The van der Waals surface area contributed by atoms with Crippen LogP contribution in [0.15, 0.2) is 91.3 Å². The van der Waals surface area contributed by atoms with Gasteiger partial charge in [-0.3, -0.25) is 4.57 Å². The normalized spacial score (nSPS) is 12.3. The van der Waals surface area contributed by atoms with Gasteiger partial charge in [-0.1, -0.05) is 72.8 Å². The van der Waals surface area contributed by atoms with Crippen LogP contribution in [0.4, 0.5) is 5.95 Å². The molecular weight excluding hydrogens is 510 g/mol. The van der Waals surface area contributed by atoms with Crippen LogP contribution in [0.25, 0.3) is 11.2 Å². The summed E-state index contributed by atoms with van der Waals surface area (Å²) in [6.07, 6.45) is 0.437. The van der Waals surface area contributed by atoms with Gasteiger partial charge in [-0.15, -0.1) is 0 Å². The Balaban J connectivity index is 1.70. The summed E-state index contributed by atoms with van der Waals surface area (Å²) in [6, 6.07) is 27.9. The molecule has 0 aliphatic carbocycles. The molecule has 3 N–H and O–H groups in total. The van der Waals surface area contributed by atoms with Crippen LogP contribution in [0.3, 0.4) is 0 Å². The molecule has 0 spiro atoms. The van der Waals surface area contributed by atoms with Crippen molar-refractivity contribution in [3.63, 3.8) is 0 Å². The lowest BCUT2D eigenvalue weighted by molar-refractivity contribution is -0.152. The fraction of sp³-hybridized carbons (Fsp3) is 0.233. The maximum Gasteiger partial charge on any atom is 0.246 e. The van der Waals surface area contributed by atoms with Gasteiger partial charge in [-0.25, -0.2) is 4.98 Å². The van der Waals surface area contributed by atoms with E-state index < -0.39 is 12.0 Å². The number of rotatable bonds is 12. The van der Waals surface area contributed by atoms with Crippen LogP contribution < -0.4 is 14.8 Å². The van der Waals surface area contributed by atoms with E-state index in [0.29, 0.717) is 17.6 Å². The molecule has 3 aromatic carbocycles. The molecule has 0 saturated heterocycles. The van der Waals surface area contributed by atoms with Gasteiger partial charge < -0.3 is 29.7 Å². The second-order valence-electron chi connectivity index (χ2n) is 8.99. The van der Waals surface area contributed by atoms with Gasteiger partial charge in [-0.2, -0.15) is 9.97 Å². The summed E-state index contributed by atoms with van der Waals surface area (Å²) in [5.41, 5.74) is 2.59. The Bertz CT molecular complexity index is 1490. The summed E-state index contributed by atoms with van der Waals surface area (Å²) in [5.74, 6) is 1.22. The standard InChI is InChI=1S/C30H31N5O5/c1-38-24-16-14-23(15-17-24)30(21-10-5-3-6-11-21,22-12-7-4-8-13-22)34-28-32-26-25(27(33-28)39-2)31-20-35(26)29(37)40-19-9-18-36/h3-8,10-17,20,29,36-37H,9,18-19H2,1-2H3,(H,32,33,34). The van der Waals surface area contributed by atoms with Crippen molar-refractivity contribution >= 4 is 17.1 Å². The summed E-state index contributed by atoms with van der Waals surface area (Å²) in [4.78, 5) is 13.8. The zero-order valence-electron chi connectivity index (χ0n) is 22.3. The largest absolute Gasteiger partial charge is 0.497 e. The first kappa shape index (κ1) is 27.1. The smallest absolute Gasteiger partial charge is 0.246 e. The van der Waals surface area contributed by atoms with Crippen molar-refractivity contribution in [3.05, 3.63) is 108 Å². The number of hydrogen-bond acceptors (Lipinski definition) is 9. The molecule has 0 aliphatic heterocycles. The molecule has 0 bridgehead atoms. The van der Waals surface area contributed by atoms with E-state index in [1.807, 2.05) is 84.9 Å². The average Bonchev–Trinajstić information content (AvgIpc) is 3.45. The molecule has 2 heterocycles. The number of benzene rings is 3. The molecule has 0 aliphatic rings. The minimum atomic E-state index is -1.36. The van der Waals surface area contributed by atoms with Crippen LogP contribution in [0.2, 0.25) is 0 Å². The predicted octanol–water partition coefficient (Wildman–Crippen LogP) is 4.09. The van der Waals surface area contributed by atoms with Crippen molar-refractivity contribution in [2.45, 2.75) is 18.4 Å². The summed E-state index contributed by atoms with van der Waals surface area (Å²) in [5, 5.41) is 23.4. The number of aromatic nitrogens is 4. The topological polar surface area (TPSA) is 124 Å². The number of aliphatic hydroxyl groups excluding tert-OH is 2. The lowest BCUT2D eigenvalue weighted by Gasteiger charge is -2.37. The molecule has 206 valence electrons. The van der Waals surface area contributed by atoms with Crippen molar-refractivity contribution < 1.29 is 24.4 Å². The Labute approximate surface area is 231 Å². The third-order valence-corrected chi connectivity index (χ3v) is 6.63. The number of anilines is 1. The maximum absolute atomic E-state index is 10.7. The number of imidazole rings is 1. The third-order valence-electron chi connectivity index (χ3n) is 6.63. The number of hydrogen-bond donors (Lipinski definition) is 3. The fourth-order valence-corrected chi connectivity index (χ4v) is 4.69. The minimum Gasteiger partial charge on any atom is -0.497 e. The molecule has 0 amide bonds. The zero-order valence-corrected chi connectivity index (χ0v) is 22.3. The molecular formula is C30H31N5O5. The van der Waals surface area contributed by atoms with Crippen LogP contribution >= 0.6 is 0 Å². The van der Waals surface area contributed by atoms with Crippen molar-refractivity contribution in [1.82, 2.24) is 19.5 Å². The van der Waals surface area contributed by atoms with Gasteiger partial charge in [0.15, 0.2) is 11.2 Å². The first-order chi connectivity index (χ1) is 19.6. The Morgan fingerprint density at radius 1 is 0.850 bits per heavy atom. The van der Waals surface area contributed by atoms with Gasteiger partial charge in [0.05, 0.1) is 20.8 Å². The van der Waals surface area contributed by atoms with E-state index in [2.05, 4.69) is 15.3 Å². The van der Waals surface area contributed by atoms with E-state index in [4.69, 9.17) is 24.3 Å². The number of nitrogens with one attached hydrogen (secondary N) is 1. The lowest BCUT2D eigenvalue weighted by atomic mass is 9.77. The highest BCUT2D eigenvalue weighted by Crippen LogP contribution is 2.40. The molecule has 10 nitrogen and oxygen atoms in total. The molecule has 5 aromatic rings. The van der Waals surface area contributed by atoms with E-state index in [1.54, 1.807) is 7.11 Å². The Hall–Kier alpha value is -4.51. The second-order valence-corrected chi connectivity index (χ2v) is 8.99. The second kappa shape index (κ2) is 12.1. The quantitative estimate of drug-likeness (QED) is 0.122. The molecule has 5 rings (SSSR count). The van der Waals surface area contributed by atoms with Crippen LogP contribution in [0, 0.1) is 0 Å². The fourth-order valence-electron chi connectivity index (χ4n) is 4.69. The maximum atomic E-state index is 10.7. The van der Waals surface area contributed by atoms with E-state index >= 15 is 0 Å². The van der Waals surface area contributed by atoms with Crippen molar-refractivity contribution in [3.8, 4) is 11.6 Å². The molecule has 1 atom stereocenters. The van der Waals surface area contributed by atoms with Gasteiger partial charge in [0.25, 0.3) is 0 Å². The third kappa shape index (κ3) is 5.20. The zero-order chi connectivity index (χ0) is 28.0. The monoisotopic (exact) mass is 541 g/mol. The van der Waals surface area contributed by atoms with Crippen LogP contribution in [0.1, 0.15) is 29.5 Å². The summed E-state index contributed by atoms with van der Waals surface area (Å²) in [7, 11) is 3.14.